The molecule has 4 rings (SSSR count). The molecule has 128 valence electrons. The lowest BCUT2D eigenvalue weighted by molar-refractivity contribution is 0.188. The first-order chi connectivity index (χ1) is 11.8. The van der Waals surface area contributed by atoms with E-state index in [1.165, 1.54) is 42.9 Å². The van der Waals surface area contributed by atoms with Crippen LogP contribution in [0.5, 0.6) is 5.75 Å². The number of thiazole rings is 1. The molecule has 1 aliphatic carbocycles. The number of nitrogens with zero attached hydrogens (tertiary/aromatic N) is 2. The standard InChI is InChI=1S/C19H25N3OS/c1-23-16-4-2-15(3-5-16)13-22(14-18-21-10-11-24-18)17-12-19(17)6-8-20-9-7-19/h2-5,10-11,17,20H,6-9,12-14H2,1H3/t17-/m1/s1. The molecule has 1 N–H and O–H groups in total. The predicted molar refractivity (Wildman–Crippen MR) is 97.3 cm³/mol. The third-order valence-electron chi connectivity index (χ3n) is 5.55. The van der Waals surface area contributed by atoms with Gasteiger partial charge in [0, 0.05) is 24.2 Å². The molecule has 1 saturated heterocycles. The molecule has 0 unspecified atom stereocenters. The van der Waals surface area contributed by atoms with Crippen molar-refractivity contribution in [2.24, 2.45) is 5.41 Å². The number of rotatable bonds is 6. The molecule has 1 aromatic heterocycles. The maximum absolute atomic E-state index is 5.28. The zero-order chi connectivity index (χ0) is 16.4. The maximum atomic E-state index is 5.28. The Bertz CT molecular complexity index is 650. The highest BCUT2D eigenvalue weighted by atomic mass is 32.1. The van der Waals surface area contributed by atoms with Crippen LogP contribution in [0, 0.1) is 5.41 Å². The summed E-state index contributed by atoms with van der Waals surface area (Å²) in [5.41, 5.74) is 1.90. The van der Waals surface area contributed by atoms with Gasteiger partial charge in [0.05, 0.1) is 13.7 Å². The number of piperidine rings is 1. The molecule has 1 spiro atoms. The molecule has 0 amide bonds. The van der Waals surface area contributed by atoms with Gasteiger partial charge in [-0.25, -0.2) is 4.98 Å². The lowest BCUT2D eigenvalue weighted by Crippen LogP contribution is -2.35. The second-order valence-corrected chi connectivity index (χ2v) is 7.99. The lowest BCUT2D eigenvalue weighted by atomic mass is 9.93. The van der Waals surface area contributed by atoms with Gasteiger partial charge < -0.3 is 10.1 Å². The van der Waals surface area contributed by atoms with Crippen LogP contribution in [0.1, 0.15) is 29.8 Å². The summed E-state index contributed by atoms with van der Waals surface area (Å²) in [4.78, 5) is 7.16. The number of nitrogens with one attached hydrogen (secondary N) is 1. The van der Waals surface area contributed by atoms with E-state index in [4.69, 9.17) is 4.74 Å². The molecule has 1 atom stereocenters. The highest BCUT2D eigenvalue weighted by Gasteiger charge is 2.56. The smallest absolute Gasteiger partial charge is 0.118 e. The number of benzene rings is 1. The normalized spacial score (nSPS) is 22.0. The van der Waals surface area contributed by atoms with Gasteiger partial charge in [0.2, 0.25) is 0 Å². The Hall–Kier alpha value is -1.43. The van der Waals surface area contributed by atoms with Gasteiger partial charge in [0.25, 0.3) is 0 Å². The minimum absolute atomic E-state index is 0.551. The Morgan fingerprint density at radius 1 is 1.25 bits per heavy atom. The molecule has 5 heteroatoms. The summed E-state index contributed by atoms with van der Waals surface area (Å²) in [6.07, 6.45) is 5.89. The molecule has 24 heavy (non-hydrogen) atoms. The van der Waals surface area contributed by atoms with Crippen LogP contribution in [0.15, 0.2) is 35.8 Å². The molecule has 1 aromatic carbocycles. The average molecular weight is 343 g/mol. The molecular weight excluding hydrogens is 318 g/mol. The summed E-state index contributed by atoms with van der Waals surface area (Å²) in [6.45, 7) is 4.29. The van der Waals surface area contributed by atoms with E-state index in [1.807, 2.05) is 6.20 Å². The molecule has 1 aliphatic heterocycles. The monoisotopic (exact) mass is 343 g/mol. The molecule has 1 saturated carbocycles. The fourth-order valence-electron chi connectivity index (χ4n) is 4.05. The van der Waals surface area contributed by atoms with Crippen molar-refractivity contribution in [3.63, 3.8) is 0 Å². The van der Waals surface area contributed by atoms with Gasteiger partial charge in [0.1, 0.15) is 10.8 Å². The summed E-state index contributed by atoms with van der Waals surface area (Å²) in [7, 11) is 1.72. The highest BCUT2D eigenvalue weighted by molar-refractivity contribution is 7.09. The predicted octanol–water partition coefficient (Wildman–Crippen LogP) is 3.30. The SMILES string of the molecule is COc1ccc(CN(Cc2nccs2)[C@@H]2CC23CCNCC3)cc1. The van der Waals surface area contributed by atoms with Gasteiger partial charge in [-0.3, -0.25) is 4.90 Å². The summed E-state index contributed by atoms with van der Waals surface area (Å²) >= 11 is 1.76. The first-order valence-electron chi connectivity index (χ1n) is 8.75. The number of methoxy groups -OCH3 is 1. The van der Waals surface area contributed by atoms with Crippen molar-refractivity contribution in [2.75, 3.05) is 20.2 Å². The quantitative estimate of drug-likeness (QED) is 0.873. The van der Waals surface area contributed by atoms with E-state index in [9.17, 15) is 0 Å². The molecule has 2 aliphatic rings. The van der Waals surface area contributed by atoms with Crippen LogP contribution in [-0.2, 0) is 13.1 Å². The van der Waals surface area contributed by atoms with Crippen molar-refractivity contribution in [3.05, 3.63) is 46.4 Å². The Balaban J connectivity index is 1.49. The van der Waals surface area contributed by atoms with E-state index in [1.54, 1.807) is 18.4 Å². The Kier molecular flexibility index (Phi) is 4.57. The molecule has 0 bridgehead atoms. The minimum atomic E-state index is 0.551. The molecule has 2 fully saturated rings. The van der Waals surface area contributed by atoms with E-state index in [0.29, 0.717) is 11.5 Å². The van der Waals surface area contributed by atoms with Gasteiger partial charge in [-0.05, 0) is 55.5 Å². The largest absolute Gasteiger partial charge is 0.497 e. The first kappa shape index (κ1) is 16.1. The number of hydrogen-bond donors (Lipinski definition) is 1. The van der Waals surface area contributed by atoms with Crippen LogP contribution in [0.25, 0.3) is 0 Å². The molecular formula is C19H25N3OS. The summed E-state index contributed by atoms with van der Waals surface area (Å²) in [5, 5.41) is 6.80. The second-order valence-electron chi connectivity index (χ2n) is 7.01. The zero-order valence-electron chi connectivity index (χ0n) is 14.2. The van der Waals surface area contributed by atoms with Gasteiger partial charge in [-0.15, -0.1) is 11.3 Å². The van der Waals surface area contributed by atoms with E-state index in [-0.39, 0.29) is 0 Å². The summed E-state index contributed by atoms with van der Waals surface area (Å²) in [5.74, 6) is 0.923. The van der Waals surface area contributed by atoms with Crippen molar-refractivity contribution in [1.82, 2.24) is 15.2 Å². The van der Waals surface area contributed by atoms with Crippen LogP contribution in [-0.4, -0.2) is 36.1 Å². The topological polar surface area (TPSA) is 37.4 Å². The fraction of sp³-hybridized carbons (Fsp3) is 0.526. The van der Waals surface area contributed by atoms with Gasteiger partial charge in [0.15, 0.2) is 0 Å². The van der Waals surface area contributed by atoms with Crippen molar-refractivity contribution in [1.29, 1.82) is 0 Å². The van der Waals surface area contributed by atoms with E-state index in [2.05, 4.69) is 44.8 Å². The van der Waals surface area contributed by atoms with Crippen LogP contribution >= 0.6 is 11.3 Å². The second kappa shape index (κ2) is 6.82. The van der Waals surface area contributed by atoms with Crippen molar-refractivity contribution < 1.29 is 4.74 Å². The van der Waals surface area contributed by atoms with Gasteiger partial charge >= 0.3 is 0 Å². The first-order valence-corrected chi connectivity index (χ1v) is 9.63. The van der Waals surface area contributed by atoms with Crippen molar-refractivity contribution >= 4 is 11.3 Å². The Labute approximate surface area is 147 Å². The molecule has 4 nitrogen and oxygen atoms in total. The third kappa shape index (κ3) is 3.34. The fourth-order valence-corrected chi connectivity index (χ4v) is 4.69. The minimum Gasteiger partial charge on any atom is -0.497 e. The molecule has 0 radical (unpaired) electrons. The van der Waals surface area contributed by atoms with Gasteiger partial charge in [-0.1, -0.05) is 12.1 Å². The van der Waals surface area contributed by atoms with E-state index < -0.39 is 0 Å². The number of aromatic nitrogens is 1. The Morgan fingerprint density at radius 3 is 2.71 bits per heavy atom. The average Bonchev–Trinajstić information content (AvgIpc) is 3.06. The van der Waals surface area contributed by atoms with Crippen molar-refractivity contribution in [2.45, 2.75) is 38.4 Å². The van der Waals surface area contributed by atoms with Crippen LogP contribution < -0.4 is 10.1 Å². The summed E-state index contributed by atoms with van der Waals surface area (Å²) in [6, 6.07) is 9.19. The van der Waals surface area contributed by atoms with E-state index in [0.717, 1.165) is 18.8 Å². The lowest BCUT2D eigenvalue weighted by Gasteiger charge is -2.29. The third-order valence-corrected chi connectivity index (χ3v) is 6.32. The summed E-state index contributed by atoms with van der Waals surface area (Å²) < 4.78 is 5.28. The van der Waals surface area contributed by atoms with Crippen LogP contribution in [0.4, 0.5) is 0 Å². The van der Waals surface area contributed by atoms with Crippen LogP contribution in [0.2, 0.25) is 0 Å². The molecule has 2 aromatic rings. The number of ether oxygens (including phenoxy) is 1. The highest BCUT2D eigenvalue weighted by Crippen LogP contribution is 2.56. The maximum Gasteiger partial charge on any atom is 0.118 e. The number of hydrogen-bond acceptors (Lipinski definition) is 5. The van der Waals surface area contributed by atoms with Crippen molar-refractivity contribution in [3.8, 4) is 5.75 Å². The zero-order valence-corrected chi connectivity index (χ0v) is 15.0. The Morgan fingerprint density at radius 2 is 2.04 bits per heavy atom. The van der Waals surface area contributed by atoms with E-state index >= 15 is 0 Å². The molecule has 2 heterocycles. The van der Waals surface area contributed by atoms with Gasteiger partial charge in [-0.2, -0.15) is 0 Å². The van der Waals surface area contributed by atoms with Crippen LogP contribution in [0.3, 0.4) is 0 Å².